The van der Waals surface area contributed by atoms with Crippen molar-refractivity contribution in [1.29, 1.82) is 0 Å². The Labute approximate surface area is 146 Å². The van der Waals surface area contributed by atoms with E-state index >= 15 is 0 Å². The first-order valence-electron chi connectivity index (χ1n) is 7.04. The molecule has 0 saturated carbocycles. The van der Waals surface area contributed by atoms with Crippen LogP contribution >= 0.6 is 11.6 Å². The number of anilines is 1. The van der Waals surface area contributed by atoms with Crippen LogP contribution in [0.4, 0.5) is 14.5 Å². The van der Waals surface area contributed by atoms with Gasteiger partial charge in [-0.3, -0.25) is 4.79 Å². The molecule has 0 aliphatic rings. The van der Waals surface area contributed by atoms with E-state index in [-0.39, 0.29) is 16.7 Å². The van der Waals surface area contributed by atoms with Gasteiger partial charge in [0.25, 0.3) is 5.91 Å². The van der Waals surface area contributed by atoms with Crippen molar-refractivity contribution in [3.63, 3.8) is 0 Å². The van der Waals surface area contributed by atoms with Gasteiger partial charge in [-0.25, -0.2) is 9.67 Å². The number of halogens is 3. The van der Waals surface area contributed by atoms with Crippen molar-refractivity contribution >= 4 is 23.2 Å². The van der Waals surface area contributed by atoms with Crippen LogP contribution in [0.1, 0.15) is 10.4 Å². The molecule has 1 amide bonds. The molecule has 1 heterocycles. The predicted octanol–water partition coefficient (Wildman–Crippen LogP) is 3.77. The van der Waals surface area contributed by atoms with Crippen molar-refractivity contribution in [2.75, 3.05) is 5.32 Å². The van der Waals surface area contributed by atoms with Gasteiger partial charge in [0.1, 0.15) is 18.4 Å². The molecule has 3 rings (SSSR count). The molecule has 1 N–H and O–H groups in total. The first-order valence-corrected chi connectivity index (χ1v) is 7.41. The zero-order valence-corrected chi connectivity index (χ0v) is 13.3. The van der Waals surface area contributed by atoms with Crippen molar-refractivity contribution in [1.82, 2.24) is 14.8 Å². The van der Waals surface area contributed by atoms with Crippen molar-refractivity contribution in [3.05, 3.63) is 65.7 Å². The van der Waals surface area contributed by atoms with E-state index in [0.717, 1.165) is 5.69 Å². The molecule has 1 aromatic heterocycles. The molecule has 0 aliphatic carbocycles. The average Bonchev–Trinajstić information content (AvgIpc) is 3.12. The third-order valence-electron chi connectivity index (χ3n) is 3.22. The van der Waals surface area contributed by atoms with Crippen molar-refractivity contribution < 1.29 is 18.3 Å². The summed E-state index contributed by atoms with van der Waals surface area (Å²) in [5, 5.41) is 6.60. The summed E-state index contributed by atoms with van der Waals surface area (Å²) in [5.41, 5.74) is 1.52. The largest absolute Gasteiger partial charge is 0.433 e. The molecule has 25 heavy (non-hydrogen) atoms. The van der Waals surface area contributed by atoms with Gasteiger partial charge in [-0.15, -0.1) is 0 Å². The summed E-state index contributed by atoms with van der Waals surface area (Å²) < 4.78 is 30.2. The highest BCUT2D eigenvalue weighted by atomic mass is 35.5. The van der Waals surface area contributed by atoms with Gasteiger partial charge in [0.2, 0.25) is 0 Å². The quantitative estimate of drug-likeness (QED) is 0.748. The Balaban J connectivity index is 1.70. The number of ether oxygens (including phenoxy) is 1. The van der Waals surface area contributed by atoms with E-state index in [2.05, 4.69) is 20.1 Å². The maximum Gasteiger partial charge on any atom is 0.387 e. The summed E-state index contributed by atoms with van der Waals surface area (Å²) in [4.78, 5) is 16.1. The standard InChI is InChI=1S/C16H11ClF2N4O2/c17-13-7-11(3-6-14(13)25-16(18)19)22-15(24)10-1-4-12(5-2-10)23-9-20-8-21-23/h1-9,16H,(H,22,24). The molecule has 0 saturated heterocycles. The maximum absolute atomic E-state index is 12.2. The molecular weight excluding hydrogens is 354 g/mol. The number of hydrogen-bond donors (Lipinski definition) is 1. The van der Waals surface area contributed by atoms with Gasteiger partial charge < -0.3 is 10.1 Å². The zero-order chi connectivity index (χ0) is 17.8. The smallest absolute Gasteiger partial charge is 0.387 e. The third-order valence-corrected chi connectivity index (χ3v) is 3.51. The molecule has 6 nitrogen and oxygen atoms in total. The fourth-order valence-corrected chi connectivity index (χ4v) is 2.31. The molecule has 9 heteroatoms. The van der Waals surface area contributed by atoms with Gasteiger partial charge >= 0.3 is 6.61 Å². The van der Waals surface area contributed by atoms with Crippen molar-refractivity contribution in [2.24, 2.45) is 0 Å². The van der Waals surface area contributed by atoms with E-state index in [1.807, 2.05) is 0 Å². The number of hydrogen-bond acceptors (Lipinski definition) is 4. The van der Waals surface area contributed by atoms with Crippen LogP contribution in [0.2, 0.25) is 5.02 Å². The molecule has 0 unspecified atom stereocenters. The van der Waals surface area contributed by atoms with Gasteiger partial charge in [0.05, 0.1) is 10.7 Å². The topological polar surface area (TPSA) is 69.0 Å². The van der Waals surface area contributed by atoms with Crippen LogP contribution in [0.25, 0.3) is 5.69 Å². The molecule has 3 aromatic rings. The molecule has 0 spiro atoms. The summed E-state index contributed by atoms with van der Waals surface area (Å²) in [6, 6.07) is 10.7. The number of nitrogens with zero attached hydrogens (tertiary/aromatic N) is 3. The van der Waals surface area contributed by atoms with Crippen LogP contribution in [0, 0.1) is 0 Å². The lowest BCUT2D eigenvalue weighted by atomic mass is 10.2. The van der Waals surface area contributed by atoms with Crippen LogP contribution in [0.3, 0.4) is 0 Å². The number of nitrogens with one attached hydrogen (secondary N) is 1. The van der Waals surface area contributed by atoms with Crippen LogP contribution in [0.5, 0.6) is 5.75 Å². The summed E-state index contributed by atoms with van der Waals surface area (Å²) in [6.45, 7) is -2.97. The SMILES string of the molecule is O=C(Nc1ccc(OC(F)F)c(Cl)c1)c1ccc(-n2cncn2)cc1. The van der Waals surface area contributed by atoms with Crippen LogP contribution in [-0.2, 0) is 0 Å². The summed E-state index contributed by atoms with van der Waals surface area (Å²) >= 11 is 5.86. The van der Waals surface area contributed by atoms with Gasteiger partial charge in [-0.05, 0) is 42.5 Å². The third kappa shape index (κ3) is 4.10. The molecule has 0 bridgehead atoms. The molecule has 0 radical (unpaired) electrons. The summed E-state index contributed by atoms with van der Waals surface area (Å²) in [6.07, 6.45) is 2.95. The first-order chi connectivity index (χ1) is 12.0. The summed E-state index contributed by atoms with van der Waals surface area (Å²) in [5.74, 6) is -0.532. The lowest BCUT2D eigenvalue weighted by Gasteiger charge is -2.10. The summed E-state index contributed by atoms with van der Waals surface area (Å²) in [7, 11) is 0. The molecule has 2 aromatic carbocycles. The van der Waals surface area contributed by atoms with Gasteiger partial charge in [0.15, 0.2) is 0 Å². The highest BCUT2D eigenvalue weighted by Crippen LogP contribution is 2.29. The number of rotatable bonds is 5. The molecule has 128 valence electrons. The molecule has 0 aliphatic heterocycles. The van der Waals surface area contributed by atoms with Crippen molar-refractivity contribution in [3.8, 4) is 11.4 Å². The second-order valence-electron chi connectivity index (χ2n) is 4.86. The minimum atomic E-state index is -2.97. The second kappa shape index (κ2) is 7.27. The Bertz CT molecular complexity index is 870. The zero-order valence-electron chi connectivity index (χ0n) is 12.6. The number of alkyl halides is 2. The lowest BCUT2D eigenvalue weighted by molar-refractivity contribution is -0.0497. The maximum atomic E-state index is 12.2. The molecule has 0 fully saturated rings. The highest BCUT2D eigenvalue weighted by Gasteiger charge is 2.11. The molecule has 0 atom stereocenters. The average molecular weight is 365 g/mol. The fourth-order valence-electron chi connectivity index (χ4n) is 2.08. The van der Waals surface area contributed by atoms with Crippen molar-refractivity contribution in [2.45, 2.75) is 6.61 Å². The number of aromatic nitrogens is 3. The highest BCUT2D eigenvalue weighted by molar-refractivity contribution is 6.32. The Morgan fingerprint density at radius 1 is 1.20 bits per heavy atom. The Hall–Kier alpha value is -3.00. The lowest BCUT2D eigenvalue weighted by Crippen LogP contribution is -2.12. The number of benzene rings is 2. The monoisotopic (exact) mass is 364 g/mol. The van der Waals surface area contributed by atoms with Crippen LogP contribution < -0.4 is 10.1 Å². The van der Waals surface area contributed by atoms with Crippen LogP contribution in [-0.4, -0.2) is 27.3 Å². The first kappa shape index (κ1) is 16.8. The van der Waals surface area contributed by atoms with Gasteiger partial charge in [-0.1, -0.05) is 11.6 Å². The Morgan fingerprint density at radius 3 is 2.56 bits per heavy atom. The molecular formula is C16H11ClF2N4O2. The fraction of sp³-hybridized carbons (Fsp3) is 0.0625. The van der Waals surface area contributed by atoms with E-state index in [9.17, 15) is 13.6 Å². The Kier molecular flexibility index (Phi) is 4.90. The predicted molar refractivity (Wildman–Crippen MR) is 87.4 cm³/mol. The minimum Gasteiger partial charge on any atom is -0.433 e. The Morgan fingerprint density at radius 2 is 1.96 bits per heavy atom. The van der Waals surface area contributed by atoms with Gasteiger partial charge in [0, 0.05) is 11.3 Å². The van der Waals surface area contributed by atoms with E-state index in [0.29, 0.717) is 11.3 Å². The second-order valence-corrected chi connectivity index (χ2v) is 5.27. The number of amides is 1. The minimum absolute atomic E-state index is 0.0281. The number of carbonyl (C=O) groups excluding carboxylic acids is 1. The van der Waals surface area contributed by atoms with E-state index in [4.69, 9.17) is 11.6 Å². The van der Waals surface area contributed by atoms with E-state index in [1.54, 1.807) is 35.3 Å². The van der Waals surface area contributed by atoms with Crippen LogP contribution in [0.15, 0.2) is 55.1 Å². The van der Waals surface area contributed by atoms with Gasteiger partial charge in [-0.2, -0.15) is 13.9 Å². The normalized spacial score (nSPS) is 10.7. The van der Waals surface area contributed by atoms with E-state index in [1.165, 1.54) is 24.5 Å². The van der Waals surface area contributed by atoms with E-state index < -0.39 is 6.61 Å². The number of carbonyl (C=O) groups is 1.